The molecule has 0 nitrogen and oxygen atoms in total. The second kappa shape index (κ2) is 10.3. The molecule has 10 aromatic rings. The van der Waals surface area contributed by atoms with E-state index in [1.807, 2.05) is 0 Å². The molecule has 0 fully saturated rings. The summed E-state index contributed by atoms with van der Waals surface area (Å²) in [7, 11) is 11.5. The van der Waals surface area contributed by atoms with Crippen molar-refractivity contribution in [1.29, 1.82) is 0 Å². The van der Waals surface area contributed by atoms with Gasteiger partial charge in [0.05, 0.1) is 0 Å². The first-order chi connectivity index (χ1) is 23.9. The molecule has 0 spiro atoms. The van der Waals surface area contributed by atoms with Crippen molar-refractivity contribution < 1.29 is 0 Å². The molecule has 0 aliphatic heterocycles. The van der Waals surface area contributed by atoms with Crippen molar-refractivity contribution in [3.05, 3.63) is 127 Å². The lowest BCUT2D eigenvalue weighted by atomic mass is 9.59. The molecule has 0 amide bonds. The normalized spacial score (nSPS) is 12.1. The summed E-state index contributed by atoms with van der Waals surface area (Å²) >= 11 is 0. The summed E-state index contributed by atoms with van der Waals surface area (Å²) in [5, 5.41) is 15.8. The molecule has 0 atom stereocenters. The summed E-state index contributed by atoms with van der Waals surface area (Å²) in [5.41, 5.74) is 14.6. The third-order valence-electron chi connectivity index (χ3n) is 11.9. The predicted molar refractivity (Wildman–Crippen MR) is 231 cm³/mol. The Hall–Kier alpha value is -5.40. The molecule has 0 aromatic heterocycles. The smallest absolute Gasteiger partial charge is 0.102 e. The Morgan fingerprint density at radius 1 is 0.286 bits per heavy atom. The molecule has 0 bridgehead atoms. The minimum Gasteiger partial charge on any atom is -0.102 e. The topological polar surface area (TPSA) is 0 Å². The van der Waals surface area contributed by atoms with Gasteiger partial charge in [0.2, 0.25) is 0 Å². The third-order valence-corrected chi connectivity index (χ3v) is 11.9. The van der Waals surface area contributed by atoms with Crippen LogP contribution in [0.3, 0.4) is 0 Å². The highest BCUT2D eigenvalue weighted by Gasteiger charge is 2.19. The number of benzene rings is 10. The Labute approximate surface area is 290 Å². The molecule has 222 valence electrons. The maximum Gasteiger partial charge on any atom is 0.139 e. The standard InChI is InChI=1S/C44H31B5/c45-40-39(41(46)43(48)44(49)42(40)47)30-20-28(31-15-11-26-9-7-22-3-1-5-24-13-17-33(31)37(26)35(22)24)19-29(21-30)32-16-12-27-10-8-23-4-2-6-25-14-18-34(32)38(27)36(23)25/h1-21H,45-49H2. The largest absolute Gasteiger partial charge is 0.139 e. The van der Waals surface area contributed by atoms with Crippen molar-refractivity contribution in [1.82, 2.24) is 0 Å². The van der Waals surface area contributed by atoms with Crippen molar-refractivity contribution in [3.63, 3.8) is 0 Å². The van der Waals surface area contributed by atoms with E-state index in [1.165, 1.54) is 125 Å². The van der Waals surface area contributed by atoms with Crippen LogP contribution in [-0.4, -0.2) is 39.2 Å². The van der Waals surface area contributed by atoms with Crippen LogP contribution in [0.25, 0.3) is 98.0 Å². The van der Waals surface area contributed by atoms with Crippen molar-refractivity contribution >= 4 is 131 Å². The fourth-order valence-corrected chi connectivity index (χ4v) is 8.99. The van der Waals surface area contributed by atoms with Crippen LogP contribution in [0.5, 0.6) is 0 Å². The van der Waals surface area contributed by atoms with Gasteiger partial charge < -0.3 is 0 Å². The number of hydrogen-bond acceptors (Lipinski definition) is 0. The predicted octanol–water partition coefficient (Wildman–Crippen LogP) is 3.77. The van der Waals surface area contributed by atoms with Gasteiger partial charge in [0.15, 0.2) is 0 Å². The zero-order valence-electron chi connectivity index (χ0n) is 28.6. The van der Waals surface area contributed by atoms with Crippen molar-refractivity contribution in [3.8, 4) is 33.4 Å². The van der Waals surface area contributed by atoms with E-state index in [9.17, 15) is 0 Å². The van der Waals surface area contributed by atoms with E-state index in [1.54, 1.807) is 0 Å². The minimum atomic E-state index is 1.26. The van der Waals surface area contributed by atoms with Gasteiger partial charge in [-0.15, -0.1) is 16.4 Å². The quantitative estimate of drug-likeness (QED) is 0.210. The van der Waals surface area contributed by atoms with E-state index < -0.39 is 0 Å². The van der Waals surface area contributed by atoms with Gasteiger partial charge in [0.25, 0.3) is 0 Å². The molecule has 49 heavy (non-hydrogen) atoms. The molecule has 5 heteroatoms. The van der Waals surface area contributed by atoms with Gasteiger partial charge in [-0.3, -0.25) is 0 Å². The monoisotopic (exact) mass is 614 g/mol. The van der Waals surface area contributed by atoms with E-state index in [-0.39, 0.29) is 0 Å². The zero-order valence-corrected chi connectivity index (χ0v) is 28.6. The summed E-state index contributed by atoms with van der Waals surface area (Å²) in [5.74, 6) is 0. The lowest BCUT2D eigenvalue weighted by molar-refractivity contribution is 1.63. The average Bonchev–Trinajstić information content (AvgIpc) is 3.14. The maximum absolute atomic E-state index is 2.45. The average molecular weight is 614 g/mol. The summed E-state index contributed by atoms with van der Waals surface area (Å²) < 4.78 is 0. The molecule has 0 aliphatic carbocycles. The summed E-state index contributed by atoms with van der Waals surface area (Å²) in [6.07, 6.45) is 0. The van der Waals surface area contributed by atoms with E-state index in [0.29, 0.717) is 0 Å². The van der Waals surface area contributed by atoms with E-state index >= 15 is 0 Å². The Bertz CT molecular complexity index is 2770. The molecule has 0 unspecified atom stereocenters. The van der Waals surface area contributed by atoms with Crippen LogP contribution < -0.4 is 27.3 Å². The van der Waals surface area contributed by atoms with Crippen LogP contribution in [0.1, 0.15) is 0 Å². The zero-order chi connectivity index (χ0) is 33.1. The Morgan fingerprint density at radius 2 is 0.612 bits per heavy atom. The van der Waals surface area contributed by atoms with Gasteiger partial charge in [-0.1, -0.05) is 120 Å². The SMILES string of the molecule is Bc1c(B)c(B)c(-c2cc(-c3ccc4ccc5cccc6ccc3c4c56)cc(-c3ccc4ccc5cccc6ccc3c4c56)c2)c(B)c1B. The summed E-state index contributed by atoms with van der Waals surface area (Å²) in [6.45, 7) is 0. The van der Waals surface area contributed by atoms with Gasteiger partial charge in [-0.25, -0.2) is 0 Å². The fraction of sp³-hybridized carbons (Fsp3) is 0. The summed E-state index contributed by atoms with van der Waals surface area (Å²) in [4.78, 5) is 0. The van der Waals surface area contributed by atoms with Crippen LogP contribution >= 0.6 is 0 Å². The Balaban J connectivity index is 1.32. The molecule has 10 rings (SSSR count). The maximum atomic E-state index is 2.45. The number of rotatable bonds is 3. The van der Waals surface area contributed by atoms with Gasteiger partial charge in [-0.05, 0) is 116 Å². The van der Waals surface area contributed by atoms with Crippen LogP contribution in [0, 0.1) is 0 Å². The molecule has 0 radical (unpaired) electrons. The van der Waals surface area contributed by atoms with Crippen molar-refractivity contribution in [2.75, 3.05) is 0 Å². The molecule has 0 saturated heterocycles. The molecule has 0 saturated carbocycles. The molecule has 10 aromatic carbocycles. The van der Waals surface area contributed by atoms with E-state index in [4.69, 9.17) is 0 Å². The second-order valence-corrected chi connectivity index (χ2v) is 14.2. The first-order valence-electron chi connectivity index (χ1n) is 17.4. The molecule has 0 N–H and O–H groups in total. The molecule has 0 heterocycles. The van der Waals surface area contributed by atoms with Crippen molar-refractivity contribution in [2.24, 2.45) is 0 Å². The van der Waals surface area contributed by atoms with E-state index in [2.05, 4.69) is 167 Å². The number of hydrogen-bond donors (Lipinski definition) is 0. The molecular weight excluding hydrogens is 583 g/mol. The van der Waals surface area contributed by atoms with Gasteiger partial charge in [0.1, 0.15) is 39.2 Å². The lowest BCUT2D eigenvalue weighted by Crippen LogP contribution is -2.55. The van der Waals surface area contributed by atoms with Crippen LogP contribution in [-0.2, 0) is 0 Å². The highest BCUT2D eigenvalue weighted by atomic mass is 14.2. The third kappa shape index (κ3) is 3.99. The summed E-state index contributed by atoms with van der Waals surface area (Å²) in [6, 6.07) is 48.4. The molecule has 0 aliphatic rings. The van der Waals surface area contributed by atoms with Gasteiger partial charge in [-0.2, -0.15) is 0 Å². The second-order valence-electron chi connectivity index (χ2n) is 14.2. The molecular formula is C44H31B5. The van der Waals surface area contributed by atoms with Gasteiger partial charge in [0, 0.05) is 0 Å². The van der Waals surface area contributed by atoms with E-state index in [0.717, 1.165) is 0 Å². The van der Waals surface area contributed by atoms with Crippen LogP contribution in [0.15, 0.2) is 127 Å². The first kappa shape index (κ1) is 28.6. The highest BCUT2D eigenvalue weighted by molar-refractivity contribution is 6.68. The highest BCUT2D eigenvalue weighted by Crippen LogP contribution is 2.43. The van der Waals surface area contributed by atoms with Gasteiger partial charge >= 0.3 is 0 Å². The van der Waals surface area contributed by atoms with Crippen LogP contribution in [0.4, 0.5) is 0 Å². The minimum absolute atomic E-state index is 1.26. The van der Waals surface area contributed by atoms with Crippen LogP contribution in [0.2, 0.25) is 0 Å². The Kier molecular flexibility index (Phi) is 6.01. The van der Waals surface area contributed by atoms with Crippen molar-refractivity contribution in [2.45, 2.75) is 0 Å². The first-order valence-corrected chi connectivity index (χ1v) is 17.4. The Morgan fingerprint density at radius 3 is 1.04 bits per heavy atom. The lowest BCUT2D eigenvalue weighted by Gasteiger charge is -2.22. The fourth-order valence-electron chi connectivity index (χ4n) is 8.99.